The van der Waals surface area contributed by atoms with Crippen molar-refractivity contribution in [1.29, 1.82) is 0 Å². The molecule has 2 atom stereocenters. The van der Waals surface area contributed by atoms with E-state index in [2.05, 4.69) is 21.2 Å². The van der Waals surface area contributed by atoms with Crippen LogP contribution < -0.4 is 5.32 Å². The van der Waals surface area contributed by atoms with Gasteiger partial charge in [-0.2, -0.15) is 0 Å². The fourth-order valence-corrected chi connectivity index (χ4v) is 3.25. The van der Waals surface area contributed by atoms with Gasteiger partial charge in [0.25, 0.3) is 0 Å². The molecule has 3 nitrogen and oxygen atoms in total. The fourth-order valence-electron chi connectivity index (χ4n) is 2.80. The van der Waals surface area contributed by atoms with E-state index in [0.29, 0.717) is 12.8 Å². The molecule has 0 saturated heterocycles. The first kappa shape index (κ1) is 14.3. The molecule has 0 spiro atoms. The number of carbonyl (C=O) groups excluding carboxylic acids is 1. The second-order valence-corrected chi connectivity index (χ2v) is 6.24. The molecule has 0 aliphatic heterocycles. The molecule has 0 radical (unpaired) electrons. The summed E-state index contributed by atoms with van der Waals surface area (Å²) in [5.74, 6) is -0.0751. The third-order valence-electron chi connectivity index (χ3n) is 3.77. The van der Waals surface area contributed by atoms with Crippen molar-refractivity contribution in [1.82, 2.24) is 5.32 Å². The van der Waals surface area contributed by atoms with E-state index in [1.807, 2.05) is 48.5 Å². The molecule has 1 aliphatic carbocycles. The number of benzene rings is 2. The molecule has 2 aromatic rings. The monoisotopic (exact) mass is 345 g/mol. The average Bonchev–Trinajstić information content (AvgIpc) is 2.75. The number of fused-ring (bicyclic) bond motifs is 1. The van der Waals surface area contributed by atoms with E-state index in [1.54, 1.807) is 0 Å². The zero-order chi connectivity index (χ0) is 14.8. The lowest BCUT2D eigenvalue weighted by molar-refractivity contribution is -0.121. The van der Waals surface area contributed by atoms with Gasteiger partial charge in [0.15, 0.2) is 0 Å². The van der Waals surface area contributed by atoms with Crippen LogP contribution in [0.4, 0.5) is 0 Å². The number of hydrogen-bond donors (Lipinski definition) is 2. The summed E-state index contributed by atoms with van der Waals surface area (Å²) < 4.78 is 0.957. The lowest BCUT2D eigenvalue weighted by atomic mass is 10.1. The van der Waals surface area contributed by atoms with Crippen molar-refractivity contribution in [2.24, 2.45) is 0 Å². The molecule has 0 aromatic heterocycles. The van der Waals surface area contributed by atoms with Gasteiger partial charge in [-0.15, -0.1) is 0 Å². The smallest absolute Gasteiger partial charge is 0.224 e. The van der Waals surface area contributed by atoms with Crippen LogP contribution in [0.15, 0.2) is 53.0 Å². The van der Waals surface area contributed by atoms with Gasteiger partial charge in [-0.1, -0.05) is 52.3 Å². The molecule has 108 valence electrons. The van der Waals surface area contributed by atoms with Crippen molar-refractivity contribution in [3.63, 3.8) is 0 Å². The second-order valence-electron chi connectivity index (χ2n) is 5.32. The number of hydrogen-bond acceptors (Lipinski definition) is 2. The van der Waals surface area contributed by atoms with E-state index in [1.165, 1.54) is 0 Å². The Morgan fingerprint density at radius 1 is 1.24 bits per heavy atom. The zero-order valence-electron chi connectivity index (χ0n) is 11.4. The summed E-state index contributed by atoms with van der Waals surface area (Å²) in [5, 5.41) is 13.1. The Labute approximate surface area is 132 Å². The summed E-state index contributed by atoms with van der Waals surface area (Å²) in [7, 11) is 0. The summed E-state index contributed by atoms with van der Waals surface area (Å²) in [6.45, 7) is 0. The van der Waals surface area contributed by atoms with E-state index in [9.17, 15) is 9.90 Å². The van der Waals surface area contributed by atoms with Crippen LogP contribution in [0.25, 0.3) is 0 Å². The maximum atomic E-state index is 12.2. The Kier molecular flexibility index (Phi) is 4.08. The Bertz CT molecular complexity index is 671. The molecule has 0 saturated carbocycles. The first-order chi connectivity index (χ1) is 10.1. The van der Waals surface area contributed by atoms with E-state index in [-0.39, 0.29) is 11.9 Å². The minimum absolute atomic E-state index is 0.0751. The Balaban J connectivity index is 1.70. The van der Waals surface area contributed by atoms with Crippen LogP contribution in [0.3, 0.4) is 0 Å². The van der Waals surface area contributed by atoms with Crippen LogP contribution in [-0.2, 0) is 17.6 Å². The molecular formula is C17H16BrNO2. The predicted molar refractivity (Wildman–Crippen MR) is 84.9 cm³/mol. The number of halogens is 1. The summed E-state index contributed by atoms with van der Waals surface area (Å²) in [6, 6.07) is 15.2. The molecule has 0 fully saturated rings. The van der Waals surface area contributed by atoms with Gasteiger partial charge < -0.3 is 10.4 Å². The SMILES string of the molecule is O=C(Cc1cccc(Br)c1)N[C@H]1c2ccccc2C[C@H]1O. The van der Waals surface area contributed by atoms with Crippen molar-refractivity contribution in [3.05, 3.63) is 69.7 Å². The van der Waals surface area contributed by atoms with Crippen molar-refractivity contribution in [2.45, 2.75) is 25.0 Å². The van der Waals surface area contributed by atoms with E-state index >= 15 is 0 Å². The van der Waals surface area contributed by atoms with Gasteiger partial charge in [0, 0.05) is 10.9 Å². The number of nitrogens with one attached hydrogen (secondary N) is 1. The Morgan fingerprint density at radius 2 is 2.05 bits per heavy atom. The molecular weight excluding hydrogens is 330 g/mol. The third kappa shape index (κ3) is 3.17. The van der Waals surface area contributed by atoms with Crippen molar-refractivity contribution < 1.29 is 9.90 Å². The molecule has 1 aliphatic rings. The molecule has 0 unspecified atom stereocenters. The maximum absolute atomic E-state index is 12.2. The van der Waals surface area contributed by atoms with Crippen LogP contribution in [0.5, 0.6) is 0 Å². The first-order valence-corrected chi connectivity index (χ1v) is 7.72. The first-order valence-electron chi connectivity index (χ1n) is 6.93. The summed E-state index contributed by atoms with van der Waals surface area (Å²) in [6.07, 6.45) is 0.358. The normalized spacial score (nSPS) is 20.1. The topological polar surface area (TPSA) is 49.3 Å². The predicted octanol–water partition coefficient (Wildman–Crippen LogP) is 2.77. The quantitative estimate of drug-likeness (QED) is 0.898. The van der Waals surface area contributed by atoms with Gasteiger partial charge in [0.1, 0.15) is 0 Å². The molecule has 21 heavy (non-hydrogen) atoms. The lowest BCUT2D eigenvalue weighted by Gasteiger charge is -2.18. The highest BCUT2D eigenvalue weighted by molar-refractivity contribution is 9.10. The van der Waals surface area contributed by atoms with Crippen molar-refractivity contribution >= 4 is 21.8 Å². The van der Waals surface area contributed by atoms with Crippen molar-refractivity contribution in [2.75, 3.05) is 0 Å². The lowest BCUT2D eigenvalue weighted by Crippen LogP contribution is -2.34. The molecule has 0 heterocycles. The van der Waals surface area contributed by atoms with Crippen molar-refractivity contribution in [3.8, 4) is 0 Å². The highest BCUT2D eigenvalue weighted by atomic mass is 79.9. The number of amides is 1. The Hall–Kier alpha value is -1.65. The van der Waals surface area contributed by atoms with Crippen LogP contribution >= 0.6 is 15.9 Å². The van der Waals surface area contributed by atoms with Gasteiger partial charge in [0.2, 0.25) is 5.91 Å². The maximum Gasteiger partial charge on any atom is 0.224 e. The highest BCUT2D eigenvalue weighted by Crippen LogP contribution is 2.31. The fraction of sp³-hybridized carbons (Fsp3) is 0.235. The minimum Gasteiger partial charge on any atom is -0.390 e. The van der Waals surface area contributed by atoms with Crippen LogP contribution in [0.2, 0.25) is 0 Å². The van der Waals surface area contributed by atoms with Crippen LogP contribution in [0.1, 0.15) is 22.7 Å². The van der Waals surface area contributed by atoms with Crippen LogP contribution in [0, 0.1) is 0 Å². The molecule has 2 aromatic carbocycles. The molecule has 1 amide bonds. The number of aliphatic hydroxyl groups is 1. The van der Waals surface area contributed by atoms with Gasteiger partial charge in [-0.05, 0) is 28.8 Å². The third-order valence-corrected chi connectivity index (χ3v) is 4.27. The van der Waals surface area contributed by atoms with Gasteiger partial charge in [0.05, 0.1) is 18.6 Å². The standard InChI is InChI=1S/C17H16BrNO2/c18-13-6-3-4-11(8-13)9-16(21)19-17-14-7-2-1-5-12(14)10-15(17)20/h1-8,15,17,20H,9-10H2,(H,19,21)/t15-,17+/m1/s1. The zero-order valence-corrected chi connectivity index (χ0v) is 13.0. The largest absolute Gasteiger partial charge is 0.390 e. The van der Waals surface area contributed by atoms with E-state index in [0.717, 1.165) is 21.2 Å². The number of carbonyl (C=O) groups is 1. The van der Waals surface area contributed by atoms with E-state index < -0.39 is 6.10 Å². The molecule has 2 N–H and O–H groups in total. The highest BCUT2D eigenvalue weighted by Gasteiger charge is 2.31. The summed E-state index contributed by atoms with van der Waals surface area (Å²) >= 11 is 3.40. The Morgan fingerprint density at radius 3 is 2.86 bits per heavy atom. The van der Waals surface area contributed by atoms with Gasteiger partial charge in [-0.3, -0.25) is 4.79 Å². The van der Waals surface area contributed by atoms with Gasteiger partial charge >= 0.3 is 0 Å². The second kappa shape index (κ2) is 6.00. The number of aliphatic hydroxyl groups excluding tert-OH is 1. The summed E-state index contributed by atoms with van der Waals surface area (Å²) in [4.78, 5) is 12.2. The molecule has 0 bridgehead atoms. The molecule has 3 rings (SSSR count). The average molecular weight is 346 g/mol. The van der Waals surface area contributed by atoms with Crippen LogP contribution in [-0.4, -0.2) is 17.1 Å². The number of rotatable bonds is 3. The molecule has 4 heteroatoms. The van der Waals surface area contributed by atoms with Gasteiger partial charge in [-0.25, -0.2) is 0 Å². The summed E-state index contributed by atoms with van der Waals surface area (Å²) in [5.41, 5.74) is 3.08. The minimum atomic E-state index is -0.547. The van der Waals surface area contributed by atoms with E-state index in [4.69, 9.17) is 0 Å².